The number of fused-ring (bicyclic) bond motifs is 1. The normalized spacial score (nSPS) is 25.5. The highest BCUT2D eigenvalue weighted by Gasteiger charge is 2.57. The number of benzene rings is 2. The van der Waals surface area contributed by atoms with Crippen LogP contribution in [0.4, 0.5) is 10.1 Å². The predicted octanol–water partition coefficient (Wildman–Crippen LogP) is 6.02. The van der Waals surface area contributed by atoms with Gasteiger partial charge >= 0.3 is 0 Å². The Hall–Kier alpha value is -1.70. The van der Waals surface area contributed by atoms with Gasteiger partial charge in [0.15, 0.2) is 0 Å². The Labute approximate surface area is 229 Å². The third kappa shape index (κ3) is 5.84. The number of likely N-dealkylation sites (N-methyl/N-ethyl adjacent to an activating group) is 1. The molecule has 4 N–H and O–H groups in total. The Morgan fingerprint density at radius 1 is 1.16 bits per heavy atom. The monoisotopic (exact) mass is 549 g/mol. The second-order valence-corrected chi connectivity index (χ2v) is 12.6. The molecule has 0 spiro atoms. The van der Waals surface area contributed by atoms with E-state index in [1.54, 1.807) is 24.3 Å². The second kappa shape index (κ2) is 11.2. The van der Waals surface area contributed by atoms with Crippen LogP contribution < -0.4 is 16.0 Å². The maximum absolute atomic E-state index is 15.8. The molecule has 1 fully saturated rings. The number of carbonyl (C=O) groups excluding carboxylic acids is 1. The van der Waals surface area contributed by atoms with E-state index in [4.69, 9.17) is 23.2 Å². The van der Waals surface area contributed by atoms with Crippen LogP contribution in [0, 0.1) is 11.2 Å². The second-order valence-electron chi connectivity index (χ2n) is 11.8. The number of hydrogen-bond donors (Lipinski definition) is 4. The standard InChI is InChI=1S/C29H38Cl2FN3O2/c1-28(2,3)16-29(21-13-8-17(30)14-23(21)35-27(29)37)25(20-6-5-7-22(31)26(20)32)24(33-4)15-34-18-9-11-19(36)12-10-18/h5-8,13-14,18-19,24-25,33-34,36H,9-12,15-16H2,1-4H3,(H,35,37)/t18?,19?,24?,25?,29-/m0/s1. The molecule has 0 aromatic heterocycles. The Kier molecular flexibility index (Phi) is 8.56. The number of aliphatic hydroxyl groups is 1. The van der Waals surface area contributed by atoms with Crippen LogP contribution in [0.25, 0.3) is 0 Å². The van der Waals surface area contributed by atoms with E-state index in [1.165, 1.54) is 6.07 Å². The van der Waals surface area contributed by atoms with Gasteiger partial charge in [-0.25, -0.2) is 4.39 Å². The molecule has 202 valence electrons. The van der Waals surface area contributed by atoms with Gasteiger partial charge in [-0.3, -0.25) is 4.79 Å². The Morgan fingerprint density at radius 3 is 2.51 bits per heavy atom. The Bertz CT molecular complexity index is 1130. The van der Waals surface area contributed by atoms with Gasteiger partial charge in [0.2, 0.25) is 5.91 Å². The summed E-state index contributed by atoms with van der Waals surface area (Å²) in [6.45, 7) is 6.82. The molecule has 2 aromatic carbocycles. The van der Waals surface area contributed by atoms with Crippen LogP contribution in [-0.2, 0) is 10.2 Å². The lowest BCUT2D eigenvalue weighted by Crippen LogP contribution is -2.55. The number of carbonyl (C=O) groups is 1. The number of amides is 1. The molecule has 37 heavy (non-hydrogen) atoms. The van der Waals surface area contributed by atoms with Gasteiger partial charge in [0.25, 0.3) is 0 Å². The number of hydrogen-bond acceptors (Lipinski definition) is 4. The lowest BCUT2D eigenvalue weighted by molar-refractivity contribution is -0.123. The molecule has 1 heterocycles. The maximum atomic E-state index is 15.8. The first-order valence-electron chi connectivity index (χ1n) is 13.1. The summed E-state index contributed by atoms with van der Waals surface area (Å²) in [5, 5.41) is 20.6. The highest BCUT2D eigenvalue weighted by atomic mass is 35.5. The fourth-order valence-corrected chi connectivity index (χ4v) is 6.70. The fourth-order valence-electron chi connectivity index (χ4n) is 6.34. The molecule has 8 heteroatoms. The lowest BCUT2D eigenvalue weighted by Gasteiger charge is -2.44. The number of rotatable bonds is 8. The van der Waals surface area contributed by atoms with Crippen molar-refractivity contribution in [2.24, 2.45) is 5.41 Å². The summed E-state index contributed by atoms with van der Waals surface area (Å²) in [4.78, 5) is 14.1. The average Bonchev–Trinajstić information content (AvgIpc) is 3.09. The Balaban J connectivity index is 1.86. The van der Waals surface area contributed by atoms with Crippen molar-refractivity contribution >= 4 is 34.8 Å². The zero-order valence-corrected chi connectivity index (χ0v) is 23.5. The minimum absolute atomic E-state index is 0.0345. The van der Waals surface area contributed by atoms with Gasteiger partial charge in [0.05, 0.1) is 16.5 Å². The molecule has 0 bridgehead atoms. The summed E-state index contributed by atoms with van der Waals surface area (Å²) in [6, 6.07) is 10.5. The van der Waals surface area contributed by atoms with E-state index in [2.05, 4.69) is 36.7 Å². The average molecular weight is 551 g/mol. The smallest absolute Gasteiger partial charge is 0.235 e. The summed E-state index contributed by atoms with van der Waals surface area (Å²) >= 11 is 12.6. The Morgan fingerprint density at radius 2 is 1.86 bits per heavy atom. The molecule has 5 nitrogen and oxygen atoms in total. The van der Waals surface area contributed by atoms with E-state index in [0.29, 0.717) is 29.2 Å². The summed E-state index contributed by atoms with van der Waals surface area (Å²) < 4.78 is 15.8. The first kappa shape index (κ1) is 28.3. The van der Waals surface area contributed by atoms with Crippen molar-refractivity contribution in [2.75, 3.05) is 18.9 Å². The van der Waals surface area contributed by atoms with Crippen molar-refractivity contribution in [3.05, 3.63) is 63.4 Å². The summed E-state index contributed by atoms with van der Waals surface area (Å²) in [6.07, 6.45) is 3.53. The topological polar surface area (TPSA) is 73.4 Å². The molecule has 2 unspecified atom stereocenters. The molecule has 1 amide bonds. The quantitative estimate of drug-likeness (QED) is 0.324. The van der Waals surface area contributed by atoms with E-state index in [1.807, 2.05) is 13.1 Å². The van der Waals surface area contributed by atoms with Crippen molar-refractivity contribution in [1.82, 2.24) is 10.6 Å². The molecule has 2 aromatic rings. The zero-order chi connectivity index (χ0) is 27.0. The van der Waals surface area contributed by atoms with Crippen molar-refractivity contribution in [1.29, 1.82) is 0 Å². The number of halogens is 3. The third-order valence-electron chi connectivity index (χ3n) is 7.87. The SMILES string of the molecule is CNC(CNC1CCC(O)CC1)C(c1cccc(Cl)c1F)[C@@]1(CC(C)(C)C)C(=O)Nc2cc(Cl)ccc21. The van der Waals surface area contributed by atoms with E-state index in [0.717, 1.165) is 31.2 Å². The van der Waals surface area contributed by atoms with Crippen molar-refractivity contribution < 1.29 is 14.3 Å². The molecule has 4 rings (SSSR count). The third-order valence-corrected chi connectivity index (χ3v) is 8.40. The van der Waals surface area contributed by atoms with Gasteiger partial charge < -0.3 is 21.1 Å². The molecule has 0 radical (unpaired) electrons. The molecule has 0 saturated heterocycles. The maximum Gasteiger partial charge on any atom is 0.235 e. The van der Waals surface area contributed by atoms with Crippen molar-refractivity contribution in [3.63, 3.8) is 0 Å². The van der Waals surface area contributed by atoms with E-state index >= 15 is 4.39 Å². The van der Waals surface area contributed by atoms with Gasteiger partial charge in [-0.1, -0.05) is 62.2 Å². The number of aliphatic hydroxyl groups excluding tert-OH is 1. The molecule has 1 aliphatic heterocycles. The fraction of sp³-hybridized carbons (Fsp3) is 0.552. The molecule has 2 aliphatic rings. The molecule has 1 aliphatic carbocycles. The molecule has 3 atom stereocenters. The van der Waals surface area contributed by atoms with Crippen LogP contribution in [0.3, 0.4) is 0 Å². The summed E-state index contributed by atoms with van der Waals surface area (Å²) in [5.41, 5.74) is 0.578. The minimum atomic E-state index is -1.07. The highest BCUT2D eigenvalue weighted by molar-refractivity contribution is 6.31. The van der Waals surface area contributed by atoms with Crippen LogP contribution in [0.5, 0.6) is 0 Å². The first-order valence-corrected chi connectivity index (χ1v) is 13.9. The van der Waals surface area contributed by atoms with E-state index in [-0.39, 0.29) is 34.5 Å². The predicted molar refractivity (Wildman–Crippen MR) is 149 cm³/mol. The summed E-state index contributed by atoms with van der Waals surface area (Å²) in [5.74, 6) is -1.23. The van der Waals surface area contributed by atoms with Gasteiger partial charge in [-0.15, -0.1) is 0 Å². The van der Waals surface area contributed by atoms with Crippen LogP contribution in [-0.4, -0.2) is 42.8 Å². The number of anilines is 1. The summed E-state index contributed by atoms with van der Waals surface area (Å²) in [7, 11) is 1.85. The van der Waals surface area contributed by atoms with Crippen LogP contribution in [0.1, 0.15) is 69.9 Å². The van der Waals surface area contributed by atoms with Crippen LogP contribution in [0.2, 0.25) is 10.0 Å². The molecular formula is C29H38Cl2FN3O2. The lowest BCUT2D eigenvalue weighted by atomic mass is 9.59. The molecular weight excluding hydrogens is 512 g/mol. The van der Waals surface area contributed by atoms with Crippen molar-refractivity contribution in [2.45, 2.75) is 82.4 Å². The first-order chi connectivity index (χ1) is 17.5. The van der Waals surface area contributed by atoms with Gasteiger partial charge in [0.1, 0.15) is 5.82 Å². The van der Waals surface area contributed by atoms with Crippen molar-refractivity contribution in [3.8, 4) is 0 Å². The van der Waals surface area contributed by atoms with Gasteiger partial charge in [0, 0.05) is 35.3 Å². The van der Waals surface area contributed by atoms with Crippen LogP contribution >= 0.6 is 23.2 Å². The minimum Gasteiger partial charge on any atom is -0.393 e. The molecule has 1 saturated carbocycles. The largest absolute Gasteiger partial charge is 0.393 e. The zero-order valence-electron chi connectivity index (χ0n) is 22.0. The van der Waals surface area contributed by atoms with E-state index < -0.39 is 17.2 Å². The highest BCUT2D eigenvalue weighted by Crippen LogP contribution is 2.55. The van der Waals surface area contributed by atoms with E-state index in [9.17, 15) is 9.90 Å². The number of nitrogens with one attached hydrogen (secondary N) is 3. The van der Waals surface area contributed by atoms with Crippen LogP contribution in [0.15, 0.2) is 36.4 Å². The van der Waals surface area contributed by atoms with Gasteiger partial charge in [-0.2, -0.15) is 0 Å². The van der Waals surface area contributed by atoms with Gasteiger partial charge in [-0.05, 0) is 73.9 Å².